The predicted octanol–water partition coefficient (Wildman–Crippen LogP) is 0.937. The summed E-state index contributed by atoms with van der Waals surface area (Å²) in [7, 11) is 1.54. The number of benzene rings is 1. The van der Waals surface area contributed by atoms with Crippen LogP contribution in [0.1, 0.15) is 0 Å². The lowest BCUT2D eigenvalue weighted by Crippen LogP contribution is -2.56. The van der Waals surface area contributed by atoms with E-state index in [2.05, 4.69) is 4.90 Å². The molecule has 1 aromatic carbocycles. The van der Waals surface area contributed by atoms with Crippen LogP contribution in [0.2, 0.25) is 0 Å². The number of hydrogen-bond donors (Lipinski definition) is 1. The summed E-state index contributed by atoms with van der Waals surface area (Å²) in [6.07, 6.45) is 0. The number of nitrogens with two attached hydrogens (primary N) is 1. The molecule has 0 spiro atoms. The molecule has 2 saturated heterocycles. The van der Waals surface area contributed by atoms with Gasteiger partial charge in [-0.05, 0) is 6.07 Å². The van der Waals surface area contributed by atoms with Gasteiger partial charge in [-0.1, -0.05) is 0 Å². The zero-order valence-corrected chi connectivity index (χ0v) is 11.6. The van der Waals surface area contributed by atoms with Crippen molar-refractivity contribution in [2.24, 2.45) is 0 Å². The third kappa shape index (κ3) is 2.41. The number of methoxy groups -OCH3 is 1. The van der Waals surface area contributed by atoms with E-state index in [1.165, 1.54) is 6.07 Å². The standard InChI is InChI=1S/C14H20FN3O2/c1-19-13-7-10(16)6-12(15)14(13)18-4-2-17(3-5-18)11-8-20-9-11/h6-7,11H,2-5,8-9,16H2,1H3. The molecule has 110 valence electrons. The van der Waals surface area contributed by atoms with Crippen molar-refractivity contribution in [1.82, 2.24) is 4.90 Å². The minimum atomic E-state index is -0.317. The lowest BCUT2D eigenvalue weighted by molar-refractivity contribution is -0.0661. The van der Waals surface area contributed by atoms with Crippen molar-refractivity contribution in [3.05, 3.63) is 17.9 Å². The van der Waals surface area contributed by atoms with E-state index in [-0.39, 0.29) is 5.82 Å². The van der Waals surface area contributed by atoms with Crippen molar-refractivity contribution in [2.45, 2.75) is 6.04 Å². The van der Waals surface area contributed by atoms with Gasteiger partial charge in [0.05, 0.1) is 26.4 Å². The van der Waals surface area contributed by atoms with E-state index in [4.69, 9.17) is 15.2 Å². The van der Waals surface area contributed by atoms with Gasteiger partial charge >= 0.3 is 0 Å². The molecule has 0 unspecified atom stereocenters. The van der Waals surface area contributed by atoms with Gasteiger partial charge in [-0.15, -0.1) is 0 Å². The third-order valence-electron chi connectivity index (χ3n) is 4.04. The van der Waals surface area contributed by atoms with Gasteiger partial charge in [0.1, 0.15) is 11.4 Å². The van der Waals surface area contributed by atoms with Crippen LogP contribution in [-0.4, -0.2) is 57.4 Å². The molecule has 2 fully saturated rings. The Labute approximate surface area is 118 Å². The third-order valence-corrected chi connectivity index (χ3v) is 4.04. The maximum atomic E-state index is 14.2. The van der Waals surface area contributed by atoms with E-state index in [1.54, 1.807) is 13.2 Å². The van der Waals surface area contributed by atoms with E-state index < -0.39 is 0 Å². The number of piperazine rings is 1. The SMILES string of the molecule is COc1cc(N)cc(F)c1N1CCN(C2COC2)CC1. The Morgan fingerprint density at radius 3 is 2.50 bits per heavy atom. The normalized spacial score (nSPS) is 20.8. The highest BCUT2D eigenvalue weighted by Crippen LogP contribution is 2.34. The lowest BCUT2D eigenvalue weighted by atomic mass is 10.1. The molecule has 2 aliphatic heterocycles. The average molecular weight is 281 g/mol. The summed E-state index contributed by atoms with van der Waals surface area (Å²) in [5.41, 5.74) is 6.56. The second kappa shape index (κ2) is 5.46. The van der Waals surface area contributed by atoms with Crippen molar-refractivity contribution in [1.29, 1.82) is 0 Å². The second-order valence-electron chi connectivity index (χ2n) is 5.27. The van der Waals surface area contributed by atoms with Crippen LogP contribution in [0.25, 0.3) is 0 Å². The summed E-state index contributed by atoms with van der Waals surface area (Å²) in [5.74, 6) is 0.185. The van der Waals surface area contributed by atoms with E-state index in [9.17, 15) is 4.39 Å². The van der Waals surface area contributed by atoms with Crippen molar-refractivity contribution >= 4 is 11.4 Å². The molecule has 0 amide bonds. The Bertz CT molecular complexity index is 486. The number of nitrogen functional groups attached to an aromatic ring is 1. The predicted molar refractivity (Wildman–Crippen MR) is 75.8 cm³/mol. The zero-order chi connectivity index (χ0) is 14.1. The maximum absolute atomic E-state index is 14.2. The molecule has 0 aromatic heterocycles. The van der Waals surface area contributed by atoms with Crippen molar-refractivity contribution < 1.29 is 13.9 Å². The minimum absolute atomic E-state index is 0.317. The molecule has 0 radical (unpaired) electrons. The van der Waals surface area contributed by atoms with Crippen LogP contribution in [0.15, 0.2) is 12.1 Å². The van der Waals surface area contributed by atoms with Gasteiger partial charge in [-0.25, -0.2) is 4.39 Å². The Morgan fingerprint density at radius 1 is 1.25 bits per heavy atom. The van der Waals surface area contributed by atoms with Gasteiger partial charge in [0, 0.05) is 37.9 Å². The first-order valence-electron chi connectivity index (χ1n) is 6.89. The first kappa shape index (κ1) is 13.5. The molecular formula is C14H20FN3O2. The van der Waals surface area contributed by atoms with Crippen LogP contribution < -0.4 is 15.4 Å². The molecule has 0 saturated carbocycles. The summed E-state index contributed by atoms with van der Waals surface area (Å²) < 4.78 is 24.7. The molecule has 2 N–H and O–H groups in total. The van der Waals surface area contributed by atoms with Gasteiger partial charge in [0.15, 0.2) is 5.82 Å². The first-order valence-corrected chi connectivity index (χ1v) is 6.89. The highest BCUT2D eigenvalue weighted by atomic mass is 19.1. The monoisotopic (exact) mass is 281 g/mol. The fourth-order valence-corrected chi connectivity index (χ4v) is 2.80. The van der Waals surface area contributed by atoms with Crippen LogP contribution in [0, 0.1) is 5.82 Å². The van der Waals surface area contributed by atoms with Crippen LogP contribution in [0.5, 0.6) is 5.75 Å². The molecule has 6 heteroatoms. The van der Waals surface area contributed by atoms with Crippen molar-refractivity contribution in [2.75, 3.05) is 57.1 Å². The largest absolute Gasteiger partial charge is 0.494 e. The topological polar surface area (TPSA) is 51.0 Å². The molecule has 20 heavy (non-hydrogen) atoms. The molecule has 0 atom stereocenters. The molecule has 1 aromatic rings. The number of hydrogen-bond acceptors (Lipinski definition) is 5. The number of anilines is 2. The molecular weight excluding hydrogens is 261 g/mol. The highest BCUT2D eigenvalue weighted by molar-refractivity contribution is 5.65. The molecule has 2 heterocycles. The summed E-state index contributed by atoms with van der Waals surface area (Å²) in [5, 5.41) is 0. The fraction of sp³-hybridized carbons (Fsp3) is 0.571. The van der Waals surface area contributed by atoms with Gasteiger partial charge in [0.2, 0.25) is 0 Å². The van der Waals surface area contributed by atoms with Gasteiger partial charge < -0.3 is 20.1 Å². The van der Waals surface area contributed by atoms with Crippen LogP contribution in [0.3, 0.4) is 0 Å². The Balaban J connectivity index is 1.74. The van der Waals surface area contributed by atoms with Crippen LogP contribution >= 0.6 is 0 Å². The molecule has 2 aliphatic rings. The Hall–Kier alpha value is -1.53. The summed E-state index contributed by atoms with van der Waals surface area (Å²) in [6.45, 7) is 5.04. The summed E-state index contributed by atoms with van der Waals surface area (Å²) >= 11 is 0. The van der Waals surface area contributed by atoms with E-state index in [1.807, 2.05) is 4.90 Å². The Kier molecular flexibility index (Phi) is 3.67. The summed E-state index contributed by atoms with van der Waals surface area (Å²) in [4.78, 5) is 4.44. The van der Waals surface area contributed by atoms with E-state index >= 15 is 0 Å². The Morgan fingerprint density at radius 2 is 1.95 bits per heavy atom. The van der Waals surface area contributed by atoms with Gasteiger partial charge in [-0.2, -0.15) is 0 Å². The quantitative estimate of drug-likeness (QED) is 0.836. The molecule has 0 aliphatic carbocycles. The van der Waals surface area contributed by atoms with Crippen LogP contribution in [-0.2, 0) is 4.74 Å². The van der Waals surface area contributed by atoms with Crippen molar-refractivity contribution in [3.8, 4) is 5.75 Å². The van der Waals surface area contributed by atoms with Crippen molar-refractivity contribution in [3.63, 3.8) is 0 Å². The molecule has 5 nitrogen and oxygen atoms in total. The van der Waals surface area contributed by atoms with Gasteiger partial charge in [-0.3, -0.25) is 4.90 Å². The van der Waals surface area contributed by atoms with Gasteiger partial charge in [0.25, 0.3) is 0 Å². The smallest absolute Gasteiger partial charge is 0.152 e. The number of nitrogens with zero attached hydrogens (tertiary/aromatic N) is 2. The minimum Gasteiger partial charge on any atom is -0.494 e. The van der Waals surface area contributed by atoms with E-state index in [0.717, 1.165) is 39.4 Å². The fourth-order valence-electron chi connectivity index (χ4n) is 2.80. The highest BCUT2D eigenvalue weighted by Gasteiger charge is 2.30. The molecule has 0 bridgehead atoms. The average Bonchev–Trinajstić information content (AvgIpc) is 2.37. The number of rotatable bonds is 3. The van der Waals surface area contributed by atoms with E-state index in [0.29, 0.717) is 23.2 Å². The van der Waals surface area contributed by atoms with Crippen LogP contribution in [0.4, 0.5) is 15.8 Å². The second-order valence-corrected chi connectivity index (χ2v) is 5.27. The number of ether oxygens (including phenoxy) is 2. The number of halogens is 1. The first-order chi connectivity index (χ1) is 9.69. The lowest BCUT2D eigenvalue weighted by Gasteiger charge is -2.43. The maximum Gasteiger partial charge on any atom is 0.152 e. The molecule has 3 rings (SSSR count). The zero-order valence-electron chi connectivity index (χ0n) is 11.6. The summed E-state index contributed by atoms with van der Waals surface area (Å²) in [6, 6.07) is 3.56.